The van der Waals surface area contributed by atoms with Gasteiger partial charge in [0.15, 0.2) is 0 Å². The SMILES string of the molecule is O=C(NCC1CCC(NCc2c(O)cccc2F)CC1)c1cc(F)cc(C(F)(F)F)c1. The van der Waals surface area contributed by atoms with Crippen LogP contribution in [-0.4, -0.2) is 23.6 Å². The maximum absolute atomic E-state index is 13.8. The number of carbonyl (C=O) groups excluding carboxylic acids is 1. The molecule has 2 aromatic rings. The minimum Gasteiger partial charge on any atom is -0.508 e. The van der Waals surface area contributed by atoms with Crippen molar-refractivity contribution in [2.24, 2.45) is 5.92 Å². The van der Waals surface area contributed by atoms with E-state index in [2.05, 4.69) is 10.6 Å². The first-order valence-electron chi connectivity index (χ1n) is 9.99. The van der Waals surface area contributed by atoms with Crippen molar-refractivity contribution in [1.29, 1.82) is 0 Å². The van der Waals surface area contributed by atoms with Gasteiger partial charge in [0.25, 0.3) is 5.91 Å². The van der Waals surface area contributed by atoms with Crippen LogP contribution in [0.3, 0.4) is 0 Å². The van der Waals surface area contributed by atoms with E-state index >= 15 is 0 Å². The highest BCUT2D eigenvalue weighted by Gasteiger charge is 2.32. The highest BCUT2D eigenvalue weighted by Crippen LogP contribution is 2.30. The van der Waals surface area contributed by atoms with Gasteiger partial charge in [0.2, 0.25) is 0 Å². The summed E-state index contributed by atoms with van der Waals surface area (Å²) in [6.07, 6.45) is -1.67. The first-order valence-corrected chi connectivity index (χ1v) is 9.99. The van der Waals surface area contributed by atoms with Crippen molar-refractivity contribution in [3.63, 3.8) is 0 Å². The van der Waals surface area contributed by atoms with Crippen LogP contribution in [0, 0.1) is 17.6 Å². The van der Waals surface area contributed by atoms with Crippen LogP contribution in [0.25, 0.3) is 0 Å². The molecule has 1 fully saturated rings. The third-order valence-electron chi connectivity index (χ3n) is 5.55. The maximum Gasteiger partial charge on any atom is 0.416 e. The number of nitrogens with one attached hydrogen (secondary N) is 2. The predicted octanol–water partition coefficient (Wildman–Crippen LogP) is 4.77. The van der Waals surface area contributed by atoms with Crippen molar-refractivity contribution in [3.05, 3.63) is 64.7 Å². The first-order chi connectivity index (χ1) is 14.6. The zero-order chi connectivity index (χ0) is 22.6. The number of carbonyl (C=O) groups is 1. The molecule has 3 N–H and O–H groups in total. The van der Waals surface area contributed by atoms with Crippen LogP contribution in [0.1, 0.15) is 47.2 Å². The molecule has 1 amide bonds. The van der Waals surface area contributed by atoms with Crippen molar-refractivity contribution in [2.45, 2.75) is 44.4 Å². The second kappa shape index (κ2) is 9.64. The number of rotatable bonds is 6. The molecule has 0 heterocycles. The summed E-state index contributed by atoms with van der Waals surface area (Å²) in [7, 11) is 0. The standard InChI is InChI=1S/C22H23F5N2O2/c23-16-9-14(8-15(10-16)22(25,26)27)21(31)29-11-13-4-6-17(7-5-13)28-12-18-19(24)2-1-3-20(18)30/h1-3,8-10,13,17,28,30H,4-7,11-12H2,(H,29,31). The fourth-order valence-electron chi connectivity index (χ4n) is 3.76. The van der Waals surface area contributed by atoms with Crippen molar-refractivity contribution in [1.82, 2.24) is 10.6 Å². The van der Waals surface area contributed by atoms with Crippen LogP contribution in [0.5, 0.6) is 5.75 Å². The predicted molar refractivity (Wildman–Crippen MR) is 104 cm³/mol. The molecule has 0 bridgehead atoms. The van der Waals surface area contributed by atoms with Crippen LogP contribution in [0.2, 0.25) is 0 Å². The van der Waals surface area contributed by atoms with E-state index in [1.54, 1.807) is 0 Å². The molecule has 0 spiro atoms. The lowest BCUT2D eigenvalue weighted by atomic mass is 9.86. The lowest BCUT2D eigenvalue weighted by Gasteiger charge is -2.29. The van der Waals surface area contributed by atoms with Crippen LogP contribution >= 0.6 is 0 Å². The molecule has 3 rings (SSSR count). The number of phenolic OH excluding ortho intramolecular Hbond substituents is 1. The van der Waals surface area contributed by atoms with Crippen molar-refractivity contribution in [2.75, 3.05) is 6.54 Å². The first kappa shape index (κ1) is 23.0. The monoisotopic (exact) mass is 442 g/mol. The van der Waals surface area contributed by atoms with E-state index in [0.717, 1.165) is 31.7 Å². The van der Waals surface area contributed by atoms with Crippen molar-refractivity contribution < 1.29 is 31.9 Å². The summed E-state index contributed by atoms with van der Waals surface area (Å²) < 4.78 is 65.7. The minimum atomic E-state index is -4.73. The molecule has 0 unspecified atom stereocenters. The molecular formula is C22H23F5N2O2. The molecule has 31 heavy (non-hydrogen) atoms. The average molecular weight is 442 g/mol. The van der Waals surface area contributed by atoms with E-state index in [1.165, 1.54) is 18.2 Å². The molecule has 4 nitrogen and oxygen atoms in total. The minimum absolute atomic E-state index is 0.102. The molecule has 168 valence electrons. The molecule has 0 aromatic heterocycles. The summed E-state index contributed by atoms with van der Waals surface area (Å²) in [6.45, 7) is 0.475. The van der Waals surface area contributed by atoms with Gasteiger partial charge in [-0.25, -0.2) is 8.78 Å². The van der Waals surface area contributed by atoms with E-state index in [9.17, 15) is 31.9 Å². The third kappa shape index (κ3) is 6.16. The summed E-state index contributed by atoms with van der Waals surface area (Å²) >= 11 is 0. The van der Waals surface area contributed by atoms with Gasteiger partial charge in [-0.3, -0.25) is 4.79 Å². The number of halogens is 5. The van der Waals surface area contributed by atoms with E-state index < -0.39 is 29.3 Å². The van der Waals surface area contributed by atoms with Gasteiger partial charge < -0.3 is 15.7 Å². The molecule has 1 saturated carbocycles. The topological polar surface area (TPSA) is 61.4 Å². The highest BCUT2D eigenvalue weighted by atomic mass is 19.4. The normalized spacial score (nSPS) is 19.3. The van der Waals surface area contributed by atoms with E-state index in [4.69, 9.17) is 0 Å². The fourth-order valence-corrected chi connectivity index (χ4v) is 3.76. The Kier molecular flexibility index (Phi) is 7.15. The lowest BCUT2D eigenvalue weighted by molar-refractivity contribution is -0.137. The van der Waals surface area contributed by atoms with Crippen LogP contribution < -0.4 is 10.6 Å². The Bertz CT molecular complexity index is 904. The second-order valence-electron chi connectivity index (χ2n) is 7.77. The molecule has 1 aliphatic carbocycles. The van der Waals surface area contributed by atoms with Gasteiger partial charge in [-0.2, -0.15) is 13.2 Å². The quantitative estimate of drug-likeness (QED) is 0.565. The van der Waals surface area contributed by atoms with Crippen molar-refractivity contribution >= 4 is 5.91 Å². The summed E-state index contributed by atoms with van der Waals surface area (Å²) in [5.74, 6) is -2.31. The Morgan fingerprint density at radius 3 is 2.42 bits per heavy atom. The third-order valence-corrected chi connectivity index (χ3v) is 5.55. The van der Waals surface area contributed by atoms with E-state index in [-0.39, 0.29) is 41.9 Å². The Hall–Kier alpha value is -2.68. The molecule has 0 saturated heterocycles. The summed E-state index contributed by atoms with van der Waals surface area (Å²) in [4.78, 5) is 12.2. The Balaban J connectivity index is 1.46. The number of phenols is 1. The number of alkyl halides is 3. The van der Waals surface area contributed by atoms with Crippen LogP contribution in [0.4, 0.5) is 22.0 Å². The zero-order valence-electron chi connectivity index (χ0n) is 16.6. The molecule has 1 aliphatic rings. The zero-order valence-corrected chi connectivity index (χ0v) is 16.6. The number of aromatic hydroxyl groups is 1. The summed E-state index contributed by atoms with van der Waals surface area (Å²) in [5, 5.41) is 15.6. The second-order valence-corrected chi connectivity index (χ2v) is 7.77. The molecule has 0 aliphatic heterocycles. The molecular weight excluding hydrogens is 419 g/mol. The van der Waals surface area contributed by atoms with Crippen LogP contribution in [-0.2, 0) is 12.7 Å². The van der Waals surface area contributed by atoms with Gasteiger partial charge in [-0.05, 0) is 61.9 Å². The van der Waals surface area contributed by atoms with Gasteiger partial charge in [0.1, 0.15) is 17.4 Å². The van der Waals surface area contributed by atoms with Gasteiger partial charge in [-0.1, -0.05) is 6.07 Å². The Labute approximate surface area is 176 Å². The summed E-state index contributed by atoms with van der Waals surface area (Å²) in [6, 6.07) is 6.04. The molecule has 0 atom stereocenters. The summed E-state index contributed by atoms with van der Waals surface area (Å²) in [5.41, 5.74) is -1.36. The van der Waals surface area contributed by atoms with Crippen LogP contribution in [0.15, 0.2) is 36.4 Å². The number of hydrogen-bond acceptors (Lipinski definition) is 3. The fraction of sp³-hybridized carbons (Fsp3) is 0.409. The van der Waals surface area contributed by atoms with Crippen molar-refractivity contribution in [3.8, 4) is 5.75 Å². The van der Waals surface area contributed by atoms with Gasteiger partial charge in [0.05, 0.1) is 5.56 Å². The highest BCUT2D eigenvalue weighted by molar-refractivity contribution is 5.94. The smallest absolute Gasteiger partial charge is 0.416 e. The average Bonchev–Trinajstić information content (AvgIpc) is 2.71. The molecule has 0 radical (unpaired) electrons. The van der Waals surface area contributed by atoms with Gasteiger partial charge in [0, 0.05) is 30.3 Å². The Morgan fingerprint density at radius 2 is 1.77 bits per heavy atom. The maximum atomic E-state index is 13.8. The van der Waals surface area contributed by atoms with Gasteiger partial charge >= 0.3 is 6.18 Å². The number of benzene rings is 2. The number of amides is 1. The van der Waals surface area contributed by atoms with E-state index in [1.807, 2.05) is 0 Å². The Morgan fingerprint density at radius 1 is 1.06 bits per heavy atom. The largest absolute Gasteiger partial charge is 0.508 e. The molecule has 2 aromatic carbocycles. The van der Waals surface area contributed by atoms with E-state index in [0.29, 0.717) is 12.1 Å². The van der Waals surface area contributed by atoms with Gasteiger partial charge in [-0.15, -0.1) is 0 Å². The molecule has 9 heteroatoms. The number of hydrogen-bond donors (Lipinski definition) is 3. The lowest BCUT2D eigenvalue weighted by Crippen LogP contribution is -2.37.